The molecule has 0 saturated carbocycles. The fraction of sp³-hybridized carbons (Fsp3) is 0.267. The maximum absolute atomic E-state index is 6.04. The Kier molecular flexibility index (Phi) is 5.30. The number of hydrogen-bond acceptors (Lipinski definition) is 2. The van der Waals surface area contributed by atoms with E-state index in [0.29, 0.717) is 22.8 Å². The van der Waals surface area contributed by atoms with Gasteiger partial charge in [-0.3, -0.25) is 0 Å². The third-order valence-electron chi connectivity index (χ3n) is 2.87. The maximum atomic E-state index is 6.04. The number of nitrogens with zero attached hydrogens (tertiary/aromatic N) is 1. The molecule has 2 aromatic rings. The van der Waals surface area contributed by atoms with Gasteiger partial charge in [0.15, 0.2) is 0 Å². The van der Waals surface area contributed by atoms with E-state index in [2.05, 4.69) is 40.8 Å². The second-order valence-corrected chi connectivity index (χ2v) is 6.37. The molecule has 0 atom stereocenters. The molecule has 20 heavy (non-hydrogen) atoms. The van der Waals surface area contributed by atoms with Crippen molar-refractivity contribution in [1.29, 1.82) is 0 Å². The summed E-state index contributed by atoms with van der Waals surface area (Å²) in [4.78, 5) is 4.00. The molecule has 0 bridgehead atoms. The van der Waals surface area contributed by atoms with Crippen molar-refractivity contribution in [2.45, 2.75) is 26.4 Å². The first-order chi connectivity index (χ1) is 9.47. The average Bonchev–Trinajstić information content (AvgIpc) is 2.38. The first-order valence-electron chi connectivity index (χ1n) is 6.20. The van der Waals surface area contributed by atoms with Crippen LogP contribution < -0.4 is 4.74 Å². The Morgan fingerprint density at radius 3 is 2.60 bits per heavy atom. The van der Waals surface area contributed by atoms with E-state index >= 15 is 0 Å². The minimum atomic E-state index is 0.365. The molecule has 0 fully saturated rings. The fourth-order valence-corrected chi connectivity index (χ4v) is 2.58. The molecule has 0 N–H and O–H groups in total. The SMILES string of the molecule is CC(C)c1cc(Br)ccc1OCc1ccc(Cl)nc1Cl. The second kappa shape index (κ2) is 6.79. The van der Waals surface area contributed by atoms with E-state index in [1.165, 1.54) is 0 Å². The number of rotatable bonds is 4. The molecule has 106 valence electrons. The lowest BCUT2D eigenvalue weighted by Gasteiger charge is -2.15. The van der Waals surface area contributed by atoms with Crippen molar-refractivity contribution in [2.24, 2.45) is 0 Å². The molecule has 1 heterocycles. The molecule has 0 aliphatic heterocycles. The highest BCUT2D eigenvalue weighted by Crippen LogP contribution is 2.30. The van der Waals surface area contributed by atoms with Crippen LogP contribution in [0.3, 0.4) is 0 Å². The lowest BCUT2D eigenvalue weighted by Crippen LogP contribution is -2.01. The quantitative estimate of drug-likeness (QED) is 0.626. The van der Waals surface area contributed by atoms with Crippen molar-refractivity contribution in [3.63, 3.8) is 0 Å². The van der Waals surface area contributed by atoms with Gasteiger partial charge in [-0.05, 0) is 41.8 Å². The normalized spacial score (nSPS) is 10.9. The van der Waals surface area contributed by atoms with E-state index in [-0.39, 0.29) is 0 Å². The summed E-state index contributed by atoms with van der Waals surface area (Å²) >= 11 is 15.3. The molecule has 1 aromatic carbocycles. The molecule has 1 aromatic heterocycles. The molecule has 0 saturated heterocycles. The van der Waals surface area contributed by atoms with Crippen molar-refractivity contribution in [1.82, 2.24) is 4.98 Å². The van der Waals surface area contributed by atoms with Crippen LogP contribution >= 0.6 is 39.1 Å². The van der Waals surface area contributed by atoms with Crippen LogP contribution in [0.15, 0.2) is 34.8 Å². The fourth-order valence-electron chi connectivity index (χ4n) is 1.81. The first kappa shape index (κ1) is 15.6. The summed E-state index contributed by atoms with van der Waals surface area (Å²) in [5.74, 6) is 1.23. The molecule has 0 amide bonds. The summed E-state index contributed by atoms with van der Waals surface area (Å²) in [5, 5.41) is 0.756. The van der Waals surface area contributed by atoms with Crippen LogP contribution in [-0.2, 0) is 6.61 Å². The van der Waals surface area contributed by atoms with Crippen LogP contribution in [0.5, 0.6) is 5.75 Å². The number of halogens is 3. The Balaban J connectivity index is 2.18. The number of benzene rings is 1. The average molecular weight is 375 g/mol. The van der Waals surface area contributed by atoms with Crippen molar-refractivity contribution < 1.29 is 4.74 Å². The highest BCUT2D eigenvalue weighted by atomic mass is 79.9. The number of ether oxygens (including phenoxy) is 1. The summed E-state index contributed by atoms with van der Waals surface area (Å²) in [6, 6.07) is 9.52. The third-order valence-corrected chi connectivity index (χ3v) is 3.90. The summed E-state index contributed by atoms with van der Waals surface area (Å²) in [6.07, 6.45) is 0. The molecule has 2 nitrogen and oxygen atoms in total. The van der Waals surface area contributed by atoms with Gasteiger partial charge in [0, 0.05) is 10.0 Å². The van der Waals surface area contributed by atoms with E-state index in [4.69, 9.17) is 27.9 Å². The van der Waals surface area contributed by atoms with Gasteiger partial charge in [-0.15, -0.1) is 0 Å². The van der Waals surface area contributed by atoms with Gasteiger partial charge < -0.3 is 4.74 Å². The van der Waals surface area contributed by atoms with E-state index in [1.807, 2.05) is 18.2 Å². The van der Waals surface area contributed by atoms with Gasteiger partial charge in [0.1, 0.15) is 22.7 Å². The molecule has 5 heteroatoms. The molecule has 2 rings (SSSR count). The van der Waals surface area contributed by atoms with Gasteiger partial charge in [0.05, 0.1) is 0 Å². The highest BCUT2D eigenvalue weighted by Gasteiger charge is 2.10. The topological polar surface area (TPSA) is 22.1 Å². The Morgan fingerprint density at radius 2 is 1.95 bits per heavy atom. The van der Waals surface area contributed by atoms with Gasteiger partial charge in [-0.25, -0.2) is 4.98 Å². The molecule has 0 radical (unpaired) electrons. The molecular weight excluding hydrogens is 361 g/mol. The molecule has 0 spiro atoms. The number of hydrogen-bond donors (Lipinski definition) is 0. The van der Waals surface area contributed by atoms with E-state index in [9.17, 15) is 0 Å². The number of aromatic nitrogens is 1. The zero-order valence-electron chi connectivity index (χ0n) is 11.2. The molecular formula is C15H14BrCl2NO. The molecule has 0 unspecified atom stereocenters. The monoisotopic (exact) mass is 373 g/mol. The minimum absolute atomic E-state index is 0.365. The van der Waals surface area contributed by atoms with Crippen LogP contribution in [0.25, 0.3) is 0 Å². The van der Waals surface area contributed by atoms with Crippen molar-refractivity contribution in [2.75, 3.05) is 0 Å². The largest absolute Gasteiger partial charge is 0.488 e. The van der Waals surface area contributed by atoms with E-state index < -0.39 is 0 Å². The van der Waals surface area contributed by atoms with Crippen LogP contribution in [0.1, 0.15) is 30.9 Å². The Bertz CT molecular complexity index is 617. The zero-order chi connectivity index (χ0) is 14.7. The van der Waals surface area contributed by atoms with Crippen LogP contribution in [-0.4, -0.2) is 4.98 Å². The Hall–Kier alpha value is -0.770. The molecule has 0 aliphatic carbocycles. The van der Waals surface area contributed by atoms with Gasteiger partial charge in [-0.2, -0.15) is 0 Å². The summed E-state index contributed by atoms with van der Waals surface area (Å²) in [5.41, 5.74) is 1.96. The minimum Gasteiger partial charge on any atom is -0.488 e. The smallest absolute Gasteiger partial charge is 0.137 e. The van der Waals surface area contributed by atoms with E-state index in [1.54, 1.807) is 6.07 Å². The van der Waals surface area contributed by atoms with Crippen molar-refractivity contribution >= 4 is 39.1 Å². The van der Waals surface area contributed by atoms with Crippen molar-refractivity contribution in [3.05, 3.63) is 56.2 Å². The Morgan fingerprint density at radius 1 is 1.20 bits per heavy atom. The van der Waals surface area contributed by atoms with Crippen LogP contribution in [0.4, 0.5) is 0 Å². The predicted molar refractivity (Wildman–Crippen MR) is 86.8 cm³/mol. The first-order valence-corrected chi connectivity index (χ1v) is 7.75. The van der Waals surface area contributed by atoms with E-state index in [0.717, 1.165) is 21.3 Å². The Labute approximate surface area is 137 Å². The highest BCUT2D eigenvalue weighted by molar-refractivity contribution is 9.10. The van der Waals surface area contributed by atoms with Crippen LogP contribution in [0.2, 0.25) is 10.3 Å². The predicted octanol–water partition coefficient (Wildman–Crippen LogP) is 5.85. The summed E-state index contributed by atoms with van der Waals surface area (Å²) < 4.78 is 6.91. The maximum Gasteiger partial charge on any atom is 0.137 e. The van der Waals surface area contributed by atoms with Gasteiger partial charge in [0.25, 0.3) is 0 Å². The third kappa shape index (κ3) is 3.87. The zero-order valence-corrected chi connectivity index (χ0v) is 14.3. The van der Waals surface area contributed by atoms with Crippen LogP contribution in [0, 0.1) is 0 Å². The summed E-state index contributed by atoms with van der Waals surface area (Å²) in [7, 11) is 0. The van der Waals surface area contributed by atoms with Gasteiger partial charge in [-0.1, -0.05) is 53.0 Å². The number of pyridine rings is 1. The lowest BCUT2D eigenvalue weighted by molar-refractivity contribution is 0.301. The van der Waals surface area contributed by atoms with Crippen molar-refractivity contribution in [3.8, 4) is 5.75 Å². The standard InChI is InChI=1S/C15H14BrCl2NO/c1-9(2)12-7-11(16)4-5-13(12)20-8-10-3-6-14(17)19-15(10)18/h3-7,9H,8H2,1-2H3. The van der Waals surface area contributed by atoms with Gasteiger partial charge in [0.2, 0.25) is 0 Å². The molecule has 0 aliphatic rings. The van der Waals surface area contributed by atoms with Gasteiger partial charge >= 0.3 is 0 Å². The second-order valence-electron chi connectivity index (χ2n) is 4.71. The summed E-state index contributed by atoms with van der Waals surface area (Å²) in [6.45, 7) is 4.63. The lowest BCUT2D eigenvalue weighted by atomic mass is 10.0.